The van der Waals surface area contributed by atoms with E-state index in [0.717, 1.165) is 5.56 Å². The molecule has 0 aliphatic rings. The van der Waals surface area contributed by atoms with E-state index in [1.807, 2.05) is 30.3 Å². The summed E-state index contributed by atoms with van der Waals surface area (Å²) < 4.78 is 0.650. The third-order valence-corrected chi connectivity index (χ3v) is 3.95. The van der Waals surface area contributed by atoms with Crippen LogP contribution in [0.2, 0.25) is 0 Å². The van der Waals surface area contributed by atoms with Crippen LogP contribution >= 0.6 is 24.8 Å². The molecule has 0 bridgehead atoms. The summed E-state index contributed by atoms with van der Waals surface area (Å²) in [6, 6.07) is 24.8. The first-order chi connectivity index (χ1) is 10.6. The third kappa shape index (κ3) is 4.43. The molecule has 0 radical (unpaired) electrons. The molecule has 3 aromatic carbocycles. The first-order valence-electron chi connectivity index (χ1n) is 7.35. The lowest BCUT2D eigenvalue weighted by molar-refractivity contribution is 0.867. The Hall–Kier alpha value is -1.64. The molecule has 112 valence electrons. The second-order valence-corrected chi connectivity index (χ2v) is 6.56. The van der Waals surface area contributed by atoms with Crippen molar-refractivity contribution in [1.29, 1.82) is 0 Å². The van der Waals surface area contributed by atoms with E-state index in [0.29, 0.717) is 10.1 Å². The molecule has 0 unspecified atom stereocenters. The van der Waals surface area contributed by atoms with Crippen LogP contribution in [-0.2, 0) is 0 Å². The SMILES string of the molecule is CC(C)c1ccccc1.S=C(S)c1cccc2ccccc12. The van der Waals surface area contributed by atoms with Crippen LogP contribution in [0.1, 0.15) is 30.9 Å². The van der Waals surface area contributed by atoms with Crippen LogP contribution in [0.25, 0.3) is 10.8 Å². The first-order valence-corrected chi connectivity index (χ1v) is 8.21. The van der Waals surface area contributed by atoms with Gasteiger partial charge in [0.25, 0.3) is 0 Å². The van der Waals surface area contributed by atoms with Crippen LogP contribution in [0.5, 0.6) is 0 Å². The highest BCUT2D eigenvalue weighted by molar-refractivity contribution is 8.11. The highest BCUT2D eigenvalue weighted by Crippen LogP contribution is 2.20. The number of hydrogen-bond donors (Lipinski definition) is 1. The van der Waals surface area contributed by atoms with Crippen LogP contribution in [0.3, 0.4) is 0 Å². The summed E-state index contributed by atoms with van der Waals surface area (Å²) in [5, 5.41) is 2.38. The molecular weight excluding hydrogens is 304 g/mol. The molecule has 0 spiro atoms. The standard InChI is InChI=1S/C11H8S2.C9H12/c12-11(13)10-7-3-5-8-4-1-2-6-9(8)10;1-8(2)9-6-4-3-5-7-9/h1-7H,(H,12,13);3-8H,1-2H3. The van der Waals surface area contributed by atoms with Crippen molar-refractivity contribution in [2.75, 3.05) is 0 Å². The van der Waals surface area contributed by atoms with Crippen molar-refractivity contribution in [1.82, 2.24) is 0 Å². The number of fused-ring (bicyclic) bond motifs is 1. The van der Waals surface area contributed by atoms with Crippen molar-refractivity contribution in [3.63, 3.8) is 0 Å². The molecule has 0 amide bonds. The average molecular weight is 325 g/mol. The number of benzene rings is 3. The van der Waals surface area contributed by atoms with Gasteiger partial charge in [-0.15, -0.1) is 12.6 Å². The molecule has 0 saturated carbocycles. The zero-order valence-electron chi connectivity index (χ0n) is 12.9. The van der Waals surface area contributed by atoms with E-state index in [-0.39, 0.29) is 0 Å². The van der Waals surface area contributed by atoms with Gasteiger partial charge >= 0.3 is 0 Å². The monoisotopic (exact) mass is 324 g/mol. The molecule has 2 heteroatoms. The van der Waals surface area contributed by atoms with Gasteiger partial charge in [-0.2, -0.15) is 0 Å². The number of rotatable bonds is 2. The summed E-state index contributed by atoms with van der Waals surface area (Å²) in [5.41, 5.74) is 2.45. The maximum Gasteiger partial charge on any atom is 0.0754 e. The van der Waals surface area contributed by atoms with Gasteiger partial charge in [0, 0.05) is 5.56 Å². The average Bonchev–Trinajstić information content (AvgIpc) is 2.55. The Bertz CT molecular complexity index is 741. The highest BCUT2D eigenvalue weighted by atomic mass is 32.1. The topological polar surface area (TPSA) is 0 Å². The van der Waals surface area contributed by atoms with Crippen molar-refractivity contribution in [3.05, 3.63) is 83.9 Å². The molecular formula is C20H20S2. The minimum atomic E-state index is 0.650. The molecule has 0 aliphatic carbocycles. The third-order valence-electron chi connectivity index (χ3n) is 3.49. The highest BCUT2D eigenvalue weighted by Gasteiger charge is 2.00. The number of thiol groups is 1. The predicted octanol–water partition coefficient (Wildman–Crippen LogP) is 6.26. The quantitative estimate of drug-likeness (QED) is 0.429. The lowest BCUT2D eigenvalue weighted by Crippen LogP contribution is -1.88. The lowest BCUT2D eigenvalue weighted by Gasteiger charge is -2.02. The van der Waals surface area contributed by atoms with E-state index >= 15 is 0 Å². The van der Waals surface area contributed by atoms with Crippen molar-refractivity contribution in [2.24, 2.45) is 0 Å². The summed E-state index contributed by atoms with van der Waals surface area (Å²) in [7, 11) is 0. The van der Waals surface area contributed by atoms with Crippen LogP contribution < -0.4 is 0 Å². The summed E-state index contributed by atoms with van der Waals surface area (Å²) in [6.07, 6.45) is 0. The minimum absolute atomic E-state index is 0.650. The van der Waals surface area contributed by atoms with Gasteiger partial charge in [0.1, 0.15) is 0 Å². The fourth-order valence-corrected chi connectivity index (χ4v) is 2.62. The Morgan fingerprint density at radius 1 is 0.818 bits per heavy atom. The normalized spacial score (nSPS) is 10.2. The smallest absolute Gasteiger partial charge is 0.0754 e. The summed E-state index contributed by atoms with van der Waals surface area (Å²) >= 11 is 9.25. The van der Waals surface area contributed by atoms with E-state index in [2.05, 4.69) is 68.9 Å². The van der Waals surface area contributed by atoms with E-state index < -0.39 is 0 Å². The van der Waals surface area contributed by atoms with E-state index in [1.165, 1.54) is 16.3 Å². The molecule has 0 nitrogen and oxygen atoms in total. The molecule has 0 fully saturated rings. The van der Waals surface area contributed by atoms with Crippen molar-refractivity contribution in [2.45, 2.75) is 19.8 Å². The van der Waals surface area contributed by atoms with Crippen LogP contribution in [0.4, 0.5) is 0 Å². The molecule has 0 atom stereocenters. The fourth-order valence-electron chi connectivity index (χ4n) is 2.25. The van der Waals surface area contributed by atoms with E-state index in [4.69, 9.17) is 12.2 Å². The molecule has 22 heavy (non-hydrogen) atoms. The van der Waals surface area contributed by atoms with Gasteiger partial charge in [-0.05, 0) is 22.3 Å². The maximum absolute atomic E-state index is 5.05. The Balaban J connectivity index is 0.000000172. The van der Waals surface area contributed by atoms with Gasteiger partial charge in [0.05, 0.1) is 4.20 Å². The molecule has 0 N–H and O–H groups in total. The second kappa shape index (κ2) is 8.11. The van der Waals surface area contributed by atoms with Gasteiger partial charge in [0.2, 0.25) is 0 Å². The Labute approximate surface area is 143 Å². The van der Waals surface area contributed by atoms with Gasteiger partial charge in [0.15, 0.2) is 0 Å². The molecule has 3 rings (SSSR count). The van der Waals surface area contributed by atoms with Gasteiger partial charge < -0.3 is 0 Å². The predicted molar refractivity (Wildman–Crippen MR) is 105 cm³/mol. The van der Waals surface area contributed by atoms with Gasteiger partial charge in [-0.3, -0.25) is 0 Å². The van der Waals surface area contributed by atoms with Gasteiger partial charge in [-0.25, -0.2) is 0 Å². The minimum Gasteiger partial charge on any atom is -0.131 e. The molecule has 0 aliphatic heterocycles. The van der Waals surface area contributed by atoms with Gasteiger partial charge in [-0.1, -0.05) is 98.9 Å². The van der Waals surface area contributed by atoms with Crippen LogP contribution in [-0.4, -0.2) is 4.20 Å². The molecule has 0 saturated heterocycles. The lowest BCUT2D eigenvalue weighted by atomic mass is 10.0. The van der Waals surface area contributed by atoms with Crippen molar-refractivity contribution in [3.8, 4) is 0 Å². The number of hydrogen-bond acceptors (Lipinski definition) is 1. The molecule has 3 aromatic rings. The van der Waals surface area contributed by atoms with Crippen molar-refractivity contribution >= 4 is 39.8 Å². The van der Waals surface area contributed by atoms with Crippen LogP contribution in [0.15, 0.2) is 72.8 Å². The molecule has 0 heterocycles. The fraction of sp³-hybridized carbons (Fsp3) is 0.150. The summed E-state index contributed by atoms with van der Waals surface area (Å²) in [4.78, 5) is 0. The number of thiocarbonyl (C=S) groups is 1. The zero-order valence-corrected chi connectivity index (χ0v) is 14.6. The Morgan fingerprint density at radius 3 is 2.00 bits per heavy atom. The summed E-state index contributed by atoms with van der Waals surface area (Å²) in [5.74, 6) is 0.659. The van der Waals surface area contributed by atoms with Crippen molar-refractivity contribution < 1.29 is 0 Å². The van der Waals surface area contributed by atoms with E-state index in [9.17, 15) is 0 Å². The molecule has 0 aromatic heterocycles. The zero-order chi connectivity index (χ0) is 15.9. The first kappa shape index (κ1) is 16.7. The maximum atomic E-state index is 5.05. The second-order valence-electron chi connectivity index (χ2n) is 5.40. The summed E-state index contributed by atoms with van der Waals surface area (Å²) in [6.45, 7) is 4.41. The Kier molecular flexibility index (Phi) is 6.17. The Morgan fingerprint density at radius 2 is 1.41 bits per heavy atom. The van der Waals surface area contributed by atoms with E-state index in [1.54, 1.807) is 0 Å². The largest absolute Gasteiger partial charge is 0.131 e. The van der Waals surface area contributed by atoms with Crippen LogP contribution in [0, 0.1) is 0 Å².